The highest BCUT2D eigenvalue weighted by atomic mass is 35.5. The lowest BCUT2D eigenvalue weighted by Crippen LogP contribution is -2.38. The summed E-state index contributed by atoms with van der Waals surface area (Å²) in [6.07, 6.45) is 0. The molecule has 0 saturated carbocycles. The van der Waals surface area contributed by atoms with Gasteiger partial charge in [-0.1, -0.05) is 28.8 Å². The molecule has 0 spiro atoms. The zero-order chi connectivity index (χ0) is 17.3. The highest BCUT2D eigenvalue weighted by Gasteiger charge is 2.35. The Morgan fingerprint density at radius 1 is 1.29 bits per heavy atom. The smallest absolute Gasteiger partial charge is 0.254 e. The van der Waals surface area contributed by atoms with Crippen LogP contribution in [0.25, 0.3) is 0 Å². The molecule has 24 heavy (non-hydrogen) atoms. The van der Waals surface area contributed by atoms with Crippen LogP contribution in [0.5, 0.6) is 0 Å². The SMILES string of the molecule is CCN(CC)C(=O)C1=C(C)Nc2nnnn2[C@H]1c1ccc(Cl)cc1. The zero-order valence-corrected chi connectivity index (χ0v) is 14.6. The molecule has 1 atom stereocenters. The van der Waals surface area contributed by atoms with Crippen LogP contribution in [0.4, 0.5) is 5.95 Å². The van der Waals surface area contributed by atoms with Crippen LogP contribution >= 0.6 is 11.6 Å². The van der Waals surface area contributed by atoms with E-state index in [0.717, 1.165) is 11.3 Å². The summed E-state index contributed by atoms with van der Waals surface area (Å²) >= 11 is 6.01. The normalized spacial score (nSPS) is 16.6. The summed E-state index contributed by atoms with van der Waals surface area (Å²) in [5.74, 6) is 0.495. The summed E-state index contributed by atoms with van der Waals surface area (Å²) in [6, 6.07) is 7.01. The molecule has 2 heterocycles. The van der Waals surface area contributed by atoms with E-state index >= 15 is 0 Å². The molecule has 126 valence electrons. The Morgan fingerprint density at radius 3 is 2.58 bits per heavy atom. The Bertz CT molecular complexity index is 778. The highest BCUT2D eigenvalue weighted by Crippen LogP contribution is 2.35. The number of nitrogens with one attached hydrogen (secondary N) is 1. The molecule has 2 aromatic rings. The Kier molecular flexibility index (Phi) is 4.53. The van der Waals surface area contributed by atoms with Gasteiger partial charge in [-0.25, -0.2) is 0 Å². The topological polar surface area (TPSA) is 75.9 Å². The second-order valence-electron chi connectivity index (χ2n) is 5.54. The number of rotatable bonds is 4. The molecular weight excluding hydrogens is 328 g/mol. The second kappa shape index (κ2) is 6.60. The quantitative estimate of drug-likeness (QED) is 0.920. The van der Waals surface area contributed by atoms with E-state index in [1.807, 2.05) is 32.9 Å². The maximum absolute atomic E-state index is 13.1. The average Bonchev–Trinajstić information content (AvgIpc) is 3.03. The monoisotopic (exact) mass is 346 g/mol. The maximum atomic E-state index is 13.1. The van der Waals surface area contributed by atoms with E-state index in [1.165, 1.54) is 0 Å². The first-order valence-corrected chi connectivity index (χ1v) is 8.25. The summed E-state index contributed by atoms with van der Waals surface area (Å²) < 4.78 is 1.63. The number of anilines is 1. The maximum Gasteiger partial charge on any atom is 0.254 e. The van der Waals surface area contributed by atoms with Gasteiger partial charge in [-0.15, -0.1) is 0 Å². The number of benzene rings is 1. The van der Waals surface area contributed by atoms with Crippen molar-refractivity contribution in [2.24, 2.45) is 0 Å². The van der Waals surface area contributed by atoms with Crippen LogP contribution in [0.3, 0.4) is 0 Å². The fourth-order valence-electron chi connectivity index (χ4n) is 2.92. The molecular formula is C16H19ClN6O. The van der Waals surface area contributed by atoms with Crippen molar-refractivity contribution in [3.05, 3.63) is 46.1 Å². The van der Waals surface area contributed by atoms with Crippen LogP contribution in [0.2, 0.25) is 5.02 Å². The van der Waals surface area contributed by atoms with E-state index < -0.39 is 0 Å². The number of likely N-dealkylation sites (N-methyl/N-ethyl adjacent to an activating group) is 1. The van der Waals surface area contributed by atoms with E-state index in [2.05, 4.69) is 20.8 Å². The average molecular weight is 347 g/mol. The molecule has 1 N–H and O–H groups in total. The zero-order valence-electron chi connectivity index (χ0n) is 13.8. The summed E-state index contributed by atoms with van der Waals surface area (Å²) in [5.41, 5.74) is 2.30. The molecule has 1 aromatic carbocycles. The summed E-state index contributed by atoms with van der Waals surface area (Å²) in [4.78, 5) is 14.9. The minimum Gasteiger partial charge on any atom is -0.339 e. The number of hydrogen-bond acceptors (Lipinski definition) is 5. The molecule has 0 unspecified atom stereocenters. The van der Waals surface area contributed by atoms with Gasteiger partial charge < -0.3 is 10.2 Å². The van der Waals surface area contributed by atoms with Gasteiger partial charge in [0.05, 0.1) is 5.57 Å². The first-order chi connectivity index (χ1) is 11.6. The number of halogens is 1. The molecule has 0 fully saturated rings. The van der Waals surface area contributed by atoms with Crippen molar-refractivity contribution in [2.75, 3.05) is 18.4 Å². The fourth-order valence-corrected chi connectivity index (χ4v) is 3.05. The molecule has 1 aromatic heterocycles. The van der Waals surface area contributed by atoms with E-state index in [9.17, 15) is 4.79 Å². The Labute approximate surface area is 145 Å². The van der Waals surface area contributed by atoms with E-state index in [1.54, 1.807) is 21.7 Å². The molecule has 1 aliphatic heterocycles. The third-order valence-corrected chi connectivity index (χ3v) is 4.43. The molecule has 1 amide bonds. The number of tetrazole rings is 1. The van der Waals surface area contributed by atoms with Gasteiger partial charge in [0, 0.05) is 23.8 Å². The van der Waals surface area contributed by atoms with Crippen molar-refractivity contribution in [1.29, 1.82) is 0 Å². The van der Waals surface area contributed by atoms with Crippen LogP contribution < -0.4 is 5.32 Å². The first kappa shape index (κ1) is 16.4. The van der Waals surface area contributed by atoms with E-state index in [4.69, 9.17) is 11.6 Å². The van der Waals surface area contributed by atoms with Gasteiger partial charge >= 0.3 is 0 Å². The van der Waals surface area contributed by atoms with Gasteiger partial charge in [-0.3, -0.25) is 4.79 Å². The van der Waals surface area contributed by atoms with Gasteiger partial charge in [-0.05, 0) is 48.9 Å². The molecule has 0 bridgehead atoms. The largest absolute Gasteiger partial charge is 0.339 e. The van der Waals surface area contributed by atoms with Crippen molar-refractivity contribution >= 4 is 23.5 Å². The van der Waals surface area contributed by atoms with Gasteiger partial charge in [-0.2, -0.15) is 4.68 Å². The van der Waals surface area contributed by atoms with Gasteiger partial charge in [0.1, 0.15) is 6.04 Å². The van der Waals surface area contributed by atoms with Crippen LogP contribution in [-0.4, -0.2) is 44.1 Å². The summed E-state index contributed by atoms with van der Waals surface area (Å²) in [5, 5.41) is 15.5. The molecule has 7 nitrogen and oxygen atoms in total. The number of aromatic nitrogens is 4. The molecule has 0 aliphatic carbocycles. The lowest BCUT2D eigenvalue weighted by molar-refractivity contribution is -0.127. The molecule has 0 radical (unpaired) electrons. The summed E-state index contributed by atoms with van der Waals surface area (Å²) in [7, 11) is 0. The number of allylic oxidation sites excluding steroid dienone is 1. The highest BCUT2D eigenvalue weighted by molar-refractivity contribution is 6.30. The number of carbonyl (C=O) groups is 1. The lowest BCUT2D eigenvalue weighted by atomic mass is 9.94. The van der Waals surface area contributed by atoms with Gasteiger partial charge in [0.25, 0.3) is 5.91 Å². The standard InChI is InChI=1S/C16H19ClN6O/c1-4-22(5-2)15(24)13-10(3)18-16-19-20-21-23(16)14(13)11-6-8-12(17)9-7-11/h6-9,14H,4-5H2,1-3H3,(H,18,19,21)/t14-/m0/s1. The Morgan fingerprint density at radius 2 is 1.96 bits per heavy atom. The predicted octanol–water partition coefficient (Wildman–Crippen LogP) is 2.48. The van der Waals surface area contributed by atoms with Crippen molar-refractivity contribution in [3.8, 4) is 0 Å². The minimum absolute atomic E-state index is 0.0221. The van der Waals surface area contributed by atoms with Gasteiger partial charge in [0.15, 0.2) is 0 Å². The fraction of sp³-hybridized carbons (Fsp3) is 0.375. The molecule has 0 saturated heterocycles. The van der Waals surface area contributed by atoms with Crippen LogP contribution in [-0.2, 0) is 4.79 Å². The predicted molar refractivity (Wildman–Crippen MR) is 91.7 cm³/mol. The minimum atomic E-state index is -0.387. The number of hydrogen-bond donors (Lipinski definition) is 1. The number of fused-ring (bicyclic) bond motifs is 1. The summed E-state index contributed by atoms with van der Waals surface area (Å²) in [6.45, 7) is 7.09. The van der Waals surface area contributed by atoms with Crippen molar-refractivity contribution in [1.82, 2.24) is 25.1 Å². The Balaban J connectivity index is 2.13. The molecule has 1 aliphatic rings. The third-order valence-electron chi connectivity index (χ3n) is 4.18. The number of amides is 1. The lowest BCUT2D eigenvalue weighted by Gasteiger charge is -2.31. The second-order valence-corrected chi connectivity index (χ2v) is 5.98. The van der Waals surface area contributed by atoms with Crippen molar-refractivity contribution in [3.63, 3.8) is 0 Å². The van der Waals surface area contributed by atoms with E-state index in [-0.39, 0.29) is 11.9 Å². The molecule has 8 heteroatoms. The van der Waals surface area contributed by atoms with Crippen molar-refractivity contribution < 1.29 is 4.79 Å². The Hall–Kier alpha value is -2.41. The first-order valence-electron chi connectivity index (χ1n) is 7.87. The van der Waals surface area contributed by atoms with Crippen molar-refractivity contribution in [2.45, 2.75) is 26.8 Å². The number of nitrogens with zero attached hydrogens (tertiary/aromatic N) is 5. The van der Waals surface area contributed by atoms with Crippen LogP contribution in [0, 0.1) is 0 Å². The van der Waals surface area contributed by atoms with Crippen LogP contribution in [0.1, 0.15) is 32.4 Å². The van der Waals surface area contributed by atoms with Crippen LogP contribution in [0.15, 0.2) is 35.5 Å². The molecule has 3 rings (SSSR count). The van der Waals surface area contributed by atoms with E-state index in [0.29, 0.717) is 29.6 Å². The third kappa shape index (κ3) is 2.75. The number of carbonyl (C=O) groups excluding carboxylic acids is 1. The van der Waals surface area contributed by atoms with Gasteiger partial charge in [0.2, 0.25) is 5.95 Å².